The lowest BCUT2D eigenvalue weighted by Gasteiger charge is -2.17. The van der Waals surface area contributed by atoms with Gasteiger partial charge < -0.3 is 10.4 Å². The van der Waals surface area contributed by atoms with E-state index in [1.807, 2.05) is 0 Å². The highest BCUT2D eigenvalue weighted by atomic mass is 16.3. The molecule has 0 amide bonds. The van der Waals surface area contributed by atoms with E-state index in [0.29, 0.717) is 6.17 Å². The van der Waals surface area contributed by atoms with Gasteiger partial charge in [-0.25, -0.2) is 0 Å². The third kappa shape index (κ3) is 1.64. The van der Waals surface area contributed by atoms with Crippen molar-refractivity contribution in [3.05, 3.63) is 0 Å². The molecule has 3 nitrogen and oxygen atoms in total. The average molecular weight is 130 g/mol. The number of nitrogens with zero attached hydrogens (tertiary/aromatic N) is 1. The van der Waals surface area contributed by atoms with Crippen molar-refractivity contribution in [1.29, 1.82) is 0 Å². The third-order valence-corrected chi connectivity index (χ3v) is 1.78. The Kier molecular flexibility index (Phi) is 2.45. The van der Waals surface area contributed by atoms with Crippen LogP contribution in [0.5, 0.6) is 0 Å². The number of hydrogen-bond donors (Lipinski definition) is 2. The van der Waals surface area contributed by atoms with Gasteiger partial charge >= 0.3 is 0 Å². The van der Waals surface area contributed by atoms with Crippen LogP contribution in [0.4, 0.5) is 0 Å². The van der Waals surface area contributed by atoms with Crippen molar-refractivity contribution in [3.63, 3.8) is 0 Å². The van der Waals surface area contributed by atoms with E-state index >= 15 is 0 Å². The van der Waals surface area contributed by atoms with Crippen LogP contribution < -0.4 is 5.32 Å². The van der Waals surface area contributed by atoms with E-state index in [1.54, 1.807) is 0 Å². The van der Waals surface area contributed by atoms with Gasteiger partial charge in [-0.15, -0.1) is 0 Å². The van der Waals surface area contributed by atoms with Gasteiger partial charge in [0.1, 0.15) is 0 Å². The highest BCUT2D eigenvalue weighted by molar-refractivity contribution is 4.73. The number of aliphatic hydroxyl groups is 1. The molecule has 0 aromatic heterocycles. The molecule has 2 N–H and O–H groups in total. The molecular formula is C6H14N2O. The zero-order valence-electron chi connectivity index (χ0n) is 5.80. The van der Waals surface area contributed by atoms with Crippen LogP contribution in [0.15, 0.2) is 0 Å². The van der Waals surface area contributed by atoms with E-state index in [-0.39, 0.29) is 6.61 Å². The number of likely N-dealkylation sites (N-methyl/N-ethyl adjacent to an activating group) is 1. The quantitative estimate of drug-likeness (QED) is 0.515. The minimum atomic E-state index is 0.280. The summed E-state index contributed by atoms with van der Waals surface area (Å²) in [7, 11) is 2.07. The molecule has 1 heterocycles. The summed E-state index contributed by atoms with van der Waals surface area (Å²) >= 11 is 0. The Labute approximate surface area is 55.7 Å². The number of nitrogens with one attached hydrogen (secondary N) is 1. The smallest absolute Gasteiger partial charge is 0.0617 e. The first kappa shape index (κ1) is 6.99. The predicted molar refractivity (Wildman–Crippen MR) is 36.1 cm³/mol. The molecule has 3 heteroatoms. The van der Waals surface area contributed by atoms with Crippen LogP contribution in [0.1, 0.15) is 6.42 Å². The zero-order chi connectivity index (χ0) is 6.69. The summed E-state index contributed by atoms with van der Waals surface area (Å²) < 4.78 is 0. The molecule has 0 radical (unpaired) electrons. The molecule has 1 saturated heterocycles. The lowest BCUT2D eigenvalue weighted by molar-refractivity contribution is 0.209. The second-order valence-corrected chi connectivity index (χ2v) is 2.46. The van der Waals surface area contributed by atoms with Crippen molar-refractivity contribution in [3.8, 4) is 0 Å². The zero-order valence-corrected chi connectivity index (χ0v) is 5.80. The Bertz CT molecular complexity index is 87.1. The molecule has 1 rings (SSSR count). The molecular weight excluding hydrogens is 116 g/mol. The van der Waals surface area contributed by atoms with Crippen LogP contribution in [0.25, 0.3) is 0 Å². The fourth-order valence-corrected chi connectivity index (χ4v) is 1.16. The second-order valence-electron chi connectivity index (χ2n) is 2.46. The van der Waals surface area contributed by atoms with Crippen LogP contribution in [-0.2, 0) is 0 Å². The van der Waals surface area contributed by atoms with E-state index in [9.17, 15) is 0 Å². The molecule has 1 atom stereocenters. The second kappa shape index (κ2) is 3.15. The van der Waals surface area contributed by atoms with E-state index < -0.39 is 0 Å². The van der Waals surface area contributed by atoms with E-state index in [0.717, 1.165) is 19.5 Å². The summed E-state index contributed by atoms with van der Waals surface area (Å²) in [5.74, 6) is 0. The molecule has 0 aromatic carbocycles. The fourth-order valence-electron chi connectivity index (χ4n) is 1.16. The lowest BCUT2D eigenvalue weighted by atomic mass is 10.3. The van der Waals surface area contributed by atoms with Crippen LogP contribution in [-0.4, -0.2) is 42.9 Å². The highest BCUT2D eigenvalue weighted by Gasteiger charge is 2.18. The molecule has 0 spiro atoms. The van der Waals surface area contributed by atoms with Crippen LogP contribution in [0, 0.1) is 0 Å². The minimum Gasteiger partial charge on any atom is -0.396 e. The summed E-state index contributed by atoms with van der Waals surface area (Å²) in [5, 5.41) is 11.9. The standard InChI is InChI=1S/C6H14N2O/c1-8-4-3-7-6(8)2-5-9/h6-7,9H,2-5H2,1H3. The van der Waals surface area contributed by atoms with Gasteiger partial charge in [0.05, 0.1) is 6.17 Å². The van der Waals surface area contributed by atoms with Gasteiger partial charge in [-0.3, -0.25) is 4.90 Å². The van der Waals surface area contributed by atoms with Crippen molar-refractivity contribution in [2.45, 2.75) is 12.6 Å². The number of rotatable bonds is 2. The monoisotopic (exact) mass is 130 g/mol. The van der Waals surface area contributed by atoms with Crippen molar-refractivity contribution >= 4 is 0 Å². The molecule has 1 aliphatic heterocycles. The van der Waals surface area contributed by atoms with Gasteiger partial charge in [0.2, 0.25) is 0 Å². The van der Waals surface area contributed by atoms with Crippen molar-refractivity contribution in [1.82, 2.24) is 10.2 Å². The Morgan fingerprint density at radius 1 is 1.78 bits per heavy atom. The maximum Gasteiger partial charge on any atom is 0.0617 e. The first-order chi connectivity index (χ1) is 4.34. The number of hydrogen-bond acceptors (Lipinski definition) is 3. The van der Waals surface area contributed by atoms with Gasteiger partial charge in [0.25, 0.3) is 0 Å². The Morgan fingerprint density at radius 3 is 3.00 bits per heavy atom. The van der Waals surface area contributed by atoms with E-state index in [4.69, 9.17) is 5.11 Å². The van der Waals surface area contributed by atoms with Crippen LogP contribution in [0.2, 0.25) is 0 Å². The first-order valence-electron chi connectivity index (χ1n) is 3.39. The van der Waals surface area contributed by atoms with E-state index in [1.165, 1.54) is 0 Å². The fraction of sp³-hybridized carbons (Fsp3) is 1.00. The lowest BCUT2D eigenvalue weighted by Crippen LogP contribution is -2.33. The molecule has 0 aliphatic carbocycles. The maximum atomic E-state index is 8.58. The van der Waals surface area contributed by atoms with Gasteiger partial charge in [-0.2, -0.15) is 0 Å². The predicted octanol–water partition coefficient (Wildman–Crippen LogP) is -0.770. The van der Waals surface area contributed by atoms with Crippen LogP contribution >= 0.6 is 0 Å². The normalized spacial score (nSPS) is 29.3. The summed E-state index contributed by atoms with van der Waals surface area (Å²) in [5.41, 5.74) is 0. The molecule has 1 unspecified atom stereocenters. The summed E-state index contributed by atoms with van der Waals surface area (Å²) in [6.45, 7) is 2.44. The topological polar surface area (TPSA) is 35.5 Å². The van der Waals surface area contributed by atoms with Crippen LogP contribution in [0.3, 0.4) is 0 Å². The Balaban J connectivity index is 2.22. The van der Waals surface area contributed by atoms with Gasteiger partial charge in [-0.05, 0) is 13.5 Å². The largest absolute Gasteiger partial charge is 0.396 e. The number of aliphatic hydroxyl groups excluding tert-OH is 1. The summed E-state index contributed by atoms with van der Waals surface area (Å²) in [4.78, 5) is 2.22. The molecule has 1 aliphatic rings. The van der Waals surface area contributed by atoms with Crippen molar-refractivity contribution < 1.29 is 5.11 Å². The minimum absolute atomic E-state index is 0.280. The molecule has 0 saturated carbocycles. The van der Waals surface area contributed by atoms with Gasteiger partial charge in [0.15, 0.2) is 0 Å². The molecule has 0 bridgehead atoms. The average Bonchev–Trinajstić information content (AvgIpc) is 2.18. The Hall–Kier alpha value is -0.120. The molecule has 1 fully saturated rings. The van der Waals surface area contributed by atoms with E-state index in [2.05, 4.69) is 17.3 Å². The molecule has 54 valence electrons. The summed E-state index contributed by atoms with van der Waals surface area (Å²) in [6.07, 6.45) is 1.26. The highest BCUT2D eigenvalue weighted by Crippen LogP contribution is 2.01. The van der Waals surface area contributed by atoms with Crippen molar-refractivity contribution in [2.75, 3.05) is 26.7 Å². The molecule has 0 aromatic rings. The third-order valence-electron chi connectivity index (χ3n) is 1.78. The van der Waals surface area contributed by atoms with Gasteiger partial charge in [-0.1, -0.05) is 0 Å². The Morgan fingerprint density at radius 2 is 2.56 bits per heavy atom. The SMILES string of the molecule is CN1CCNC1CCO. The summed E-state index contributed by atoms with van der Waals surface area (Å²) in [6, 6.07) is 0. The first-order valence-corrected chi connectivity index (χ1v) is 3.39. The van der Waals surface area contributed by atoms with Crippen molar-refractivity contribution in [2.24, 2.45) is 0 Å². The molecule has 9 heavy (non-hydrogen) atoms. The van der Waals surface area contributed by atoms with Gasteiger partial charge in [0, 0.05) is 19.7 Å². The maximum absolute atomic E-state index is 8.58.